The molecule has 1 aliphatic heterocycles. The Bertz CT molecular complexity index is 575. The van der Waals surface area contributed by atoms with Crippen molar-refractivity contribution < 1.29 is 4.79 Å². The fourth-order valence-electron chi connectivity index (χ4n) is 3.58. The molecule has 1 aromatic rings. The van der Waals surface area contributed by atoms with Crippen molar-refractivity contribution in [3.63, 3.8) is 0 Å². The van der Waals surface area contributed by atoms with Crippen LogP contribution in [0.1, 0.15) is 57.5 Å². The van der Waals surface area contributed by atoms with Crippen molar-refractivity contribution in [1.82, 2.24) is 14.7 Å². The van der Waals surface area contributed by atoms with Gasteiger partial charge >= 0.3 is 0 Å². The van der Waals surface area contributed by atoms with E-state index in [9.17, 15) is 4.79 Å². The molecule has 1 amide bonds. The Kier molecular flexibility index (Phi) is 5.74. The number of hydrogen-bond acceptors (Lipinski definition) is 3. The van der Waals surface area contributed by atoms with Gasteiger partial charge in [-0.15, -0.1) is 0 Å². The second-order valence-corrected chi connectivity index (χ2v) is 8.50. The highest BCUT2D eigenvalue weighted by Crippen LogP contribution is 2.27. The minimum absolute atomic E-state index is 0.113. The topological polar surface area (TPSA) is 64.2 Å². The number of hydrogen-bond donors (Lipinski definition) is 1. The predicted molar refractivity (Wildman–Crippen MR) is 97.8 cm³/mol. The standard InChI is InChI=1S/C19H34N4O/c1-13(20)12-23-15(3)17(14(2)21-23)11-16-7-9-22(10-8-16)18(24)19(4,5)6/h13,16H,7-12,20H2,1-6H3/t13-/m1/s1. The van der Waals surface area contributed by atoms with E-state index in [-0.39, 0.29) is 17.4 Å². The van der Waals surface area contributed by atoms with Crippen molar-refractivity contribution in [3.8, 4) is 0 Å². The van der Waals surface area contributed by atoms with Crippen molar-refractivity contribution in [2.75, 3.05) is 13.1 Å². The largest absolute Gasteiger partial charge is 0.342 e. The number of piperidine rings is 1. The maximum absolute atomic E-state index is 12.4. The molecule has 5 heteroatoms. The van der Waals surface area contributed by atoms with Crippen LogP contribution in [0.2, 0.25) is 0 Å². The molecule has 0 aliphatic carbocycles. The highest BCUT2D eigenvalue weighted by molar-refractivity contribution is 5.81. The summed E-state index contributed by atoms with van der Waals surface area (Å²) >= 11 is 0. The molecule has 0 unspecified atom stereocenters. The number of likely N-dealkylation sites (tertiary alicyclic amines) is 1. The van der Waals surface area contributed by atoms with Gasteiger partial charge in [0.25, 0.3) is 0 Å². The Morgan fingerprint density at radius 2 is 1.88 bits per heavy atom. The van der Waals surface area contributed by atoms with Crippen LogP contribution in [-0.4, -0.2) is 39.7 Å². The number of amides is 1. The zero-order valence-electron chi connectivity index (χ0n) is 16.2. The number of aryl methyl sites for hydroxylation is 1. The summed E-state index contributed by atoms with van der Waals surface area (Å²) in [5.41, 5.74) is 9.39. The fourth-order valence-corrected chi connectivity index (χ4v) is 3.58. The minimum atomic E-state index is -0.278. The van der Waals surface area contributed by atoms with E-state index in [0.29, 0.717) is 5.92 Å². The normalized spacial score (nSPS) is 18.0. The lowest BCUT2D eigenvalue weighted by Crippen LogP contribution is -2.44. The first-order valence-corrected chi connectivity index (χ1v) is 9.17. The van der Waals surface area contributed by atoms with Crippen LogP contribution in [0.5, 0.6) is 0 Å². The Hall–Kier alpha value is -1.36. The summed E-state index contributed by atoms with van der Waals surface area (Å²) in [7, 11) is 0. The first-order valence-electron chi connectivity index (χ1n) is 9.17. The summed E-state index contributed by atoms with van der Waals surface area (Å²) < 4.78 is 2.05. The molecular weight excluding hydrogens is 300 g/mol. The Labute approximate surface area is 146 Å². The quantitative estimate of drug-likeness (QED) is 0.921. The van der Waals surface area contributed by atoms with Crippen molar-refractivity contribution in [1.29, 1.82) is 0 Å². The van der Waals surface area contributed by atoms with Crippen molar-refractivity contribution in [2.24, 2.45) is 17.1 Å². The first-order chi connectivity index (χ1) is 11.1. The summed E-state index contributed by atoms with van der Waals surface area (Å²) in [6.07, 6.45) is 3.23. The van der Waals surface area contributed by atoms with Crippen molar-refractivity contribution >= 4 is 5.91 Å². The zero-order valence-corrected chi connectivity index (χ0v) is 16.2. The van der Waals surface area contributed by atoms with Gasteiger partial charge in [0.1, 0.15) is 0 Å². The molecule has 0 aromatic carbocycles. The van der Waals surface area contributed by atoms with Crippen molar-refractivity contribution in [2.45, 2.75) is 73.4 Å². The zero-order chi connectivity index (χ0) is 18.1. The molecule has 0 radical (unpaired) electrons. The van der Waals surface area contributed by atoms with Gasteiger partial charge in [-0.3, -0.25) is 9.48 Å². The van der Waals surface area contributed by atoms with Gasteiger partial charge in [0.05, 0.1) is 12.2 Å². The summed E-state index contributed by atoms with van der Waals surface area (Å²) in [4.78, 5) is 14.4. The van der Waals surface area contributed by atoms with E-state index in [0.717, 1.165) is 44.6 Å². The molecular formula is C19H34N4O. The maximum Gasteiger partial charge on any atom is 0.227 e. The number of carbonyl (C=O) groups is 1. The van der Waals surface area contributed by atoms with Crippen LogP contribution in [0.15, 0.2) is 0 Å². The lowest BCUT2D eigenvalue weighted by atomic mass is 9.87. The Morgan fingerprint density at radius 3 is 2.38 bits per heavy atom. The number of nitrogens with zero attached hydrogens (tertiary/aromatic N) is 3. The van der Waals surface area contributed by atoms with E-state index >= 15 is 0 Å². The van der Waals surface area contributed by atoms with Gasteiger partial charge in [-0.25, -0.2) is 0 Å². The van der Waals surface area contributed by atoms with Crippen LogP contribution < -0.4 is 5.73 Å². The third kappa shape index (κ3) is 4.38. The SMILES string of the molecule is Cc1nn(C[C@@H](C)N)c(C)c1CC1CCN(C(=O)C(C)(C)C)CC1. The van der Waals surface area contributed by atoms with Gasteiger partial charge in [-0.05, 0) is 51.5 Å². The molecule has 5 nitrogen and oxygen atoms in total. The van der Waals surface area contributed by atoms with Gasteiger partial charge in [0.2, 0.25) is 5.91 Å². The molecule has 0 saturated carbocycles. The highest BCUT2D eigenvalue weighted by atomic mass is 16.2. The summed E-state index contributed by atoms with van der Waals surface area (Å²) in [5.74, 6) is 0.914. The average Bonchev–Trinajstić information content (AvgIpc) is 2.73. The molecule has 1 aromatic heterocycles. The number of carbonyl (C=O) groups excluding carboxylic acids is 1. The van der Waals surface area contributed by atoms with Gasteiger partial charge in [-0.1, -0.05) is 20.8 Å². The molecule has 136 valence electrons. The third-order valence-corrected chi connectivity index (χ3v) is 5.03. The molecule has 0 bridgehead atoms. The van der Waals surface area contributed by atoms with Gasteiger partial charge in [0.15, 0.2) is 0 Å². The van der Waals surface area contributed by atoms with Gasteiger partial charge < -0.3 is 10.6 Å². The maximum atomic E-state index is 12.4. The van der Waals surface area contributed by atoms with Gasteiger partial charge in [-0.2, -0.15) is 5.10 Å². The predicted octanol–water partition coefficient (Wildman–Crippen LogP) is 2.67. The fraction of sp³-hybridized carbons (Fsp3) is 0.789. The Balaban J connectivity index is 1.97. The monoisotopic (exact) mass is 334 g/mol. The van der Waals surface area contributed by atoms with Crippen LogP contribution >= 0.6 is 0 Å². The van der Waals surface area contributed by atoms with Crippen LogP contribution in [0, 0.1) is 25.2 Å². The van der Waals surface area contributed by atoms with Crippen LogP contribution in [0.25, 0.3) is 0 Å². The van der Waals surface area contributed by atoms with E-state index < -0.39 is 0 Å². The molecule has 2 heterocycles. The number of rotatable bonds is 4. The summed E-state index contributed by atoms with van der Waals surface area (Å²) in [6, 6.07) is 0.113. The summed E-state index contributed by atoms with van der Waals surface area (Å²) in [5, 5.41) is 4.66. The van der Waals surface area contributed by atoms with Crippen LogP contribution in [0.4, 0.5) is 0 Å². The molecule has 1 aliphatic rings. The van der Waals surface area contributed by atoms with Crippen LogP contribution in [0.3, 0.4) is 0 Å². The molecule has 24 heavy (non-hydrogen) atoms. The molecule has 0 spiro atoms. The Morgan fingerprint density at radius 1 is 1.29 bits per heavy atom. The summed E-state index contributed by atoms with van der Waals surface area (Å²) in [6.45, 7) is 14.8. The van der Waals surface area contributed by atoms with Gasteiger partial charge in [0, 0.05) is 30.2 Å². The highest BCUT2D eigenvalue weighted by Gasteiger charge is 2.30. The number of nitrogens with two attached hydrogens (primary N) is 1. The lowest BCUT2D eigenvalue weighted by Gasteiger charge is -2.35. The smallest absolute Gasteiger partial charge is 0.227 e. The average molecular weight is 335 g/mol. The van der Waals surface area contributed by atoms with E-state index in [4.69, 9.17) is 5.73 Å². The first kappa shape index (κ1) is 19.0. The lowest BCUT2D eigenvalue weighted by molar-refractivity contribution is -0.140. The minimum Gasteiger partial charge on any atom is -0.342 e. The molecule has 2 rings (SSSR count). The second-order valence-electron chi connectivity index (χ2n) is 8.50. The van der Waals surface area contributed by atoms with Crippen LogP contribution in [-0.2, 0) is 17.8 Å². The molecule has 1 saturated heterocycles. The molecule has 1 fully saturated rings. The third-order valence-electron chi connectivity index (χ3n) is 5.03. The van der Waals surface area contributed by atoms with E-state index in [1.165, 1.54) is 11.3 Å². The number of aromatic nitrogens is 2. The molecule has 1 atom stereocenters. The van der Waals surface area contributed by atoms with E-state index in [1.54, 1.807) is 0 Å². The van der Waals surface area contributed by atoms with E-state index in [2.05, 4.69) is 18.9 Å². The second kappa shape index (κ2) is 7.26. The molecule has 2 N–H and O–H groups in total. The van der Waals surface area contributed by atoms with E-state index in [1.807, 2.05) is 37.3 Å². The van der Waals surface area contributed by atoms with Crippen molar-refractivity contribution in [3.05, 3.63) is 17.0 Å².